The quantitative estimate of drug-likeness (QED) is 0.658. The molecule has 8 heteroatoms. The molecule has 0 aliphatic carbocycles. The molecular formula is C22H20FN5O2. The number of nitrogens with zero attached hydrogens (tertiary/aromatic N) is 4. The van der Waals surface area contributed by atoms with Gasteiger partial charge in [0.05, 0.1) is 18.5 Å². The number of amides is 1. The van der Waals surface area contributed by atoms with Crippen molar-refractivity contribution in [2.45, 2.75) is 0 Å². The van der Waals surface area contributed by atoms with Crippen molar-refractivity contribution in [3.8, 4) is 0 Å². The zero-order chi connectivity index (χ0) is 20.9. The van der Waals surface area contributed by atoms with Gasteiger partial charge in [-0.05, 0) is 48.5 Å². The summed E-state index contributed by atoms with van der Waals surface area (Å²) in [5.74, 6) is -0.534. The average Bonchev–Trinajstić information content (AvgIpc) is 3.19. The first-order valence-corrected chi connectivity index (χ1v) is 9.30. The van der Waals surface area contributed by atoms with Gasteiger partial charge in [-0.3, -0.25) is 14.9 Å². The maximum absolute atomic E-state index is 13.2. The number of rotatable bonds is 5. The second-order valence-electron chi connectivity index (χ2n) is 6.45. The molecule has 0 aromatic heterocycles. The molecule has 0 radical (unpaired) electrons. The Bertz CT molecular complexity index is 1030. The summed E-state index contributed by atoms with van der Waals surface area (Å²) >= 11 is 0. The minimum absolute atomic E-state index is 0.277. The first-order valence-electron chi connectivity index (χ1n) is 9.30. The molecule has 30 heavy (non-hydrogen) atoms. The summed E-state index contributed by atoms with van der Waals surface area (Å²) in [7, 11) is 1.54. The highest BCUT2D eigenvalue weighted by Crippen LogP contribution is 2.23. The van der Waals surface area contributed by atoms with Crippen molar-refractivity contribution in [2.75, 3.05) is 24.0 Å². The number of hydrogen-bond acceptors (Lipinski definition) is 6. The third kappa shape index (κ3) is 4.08. The minimum Gasteiger partial charge on any atom is -0.289 e. The molecule has 7 nitrogen and oxygen atoms in total. The summed E-state index contributed by atoms with van der Waals surface area (Å²) in [6.07, 6.45) is 0. The zero-order valence-corrected chi connectivity index (χ0v) is 16.3. The summed E-state index contributed by atoms with van der Waals surface area (Å²) in [6.45, 7) is 0.311. The number of hydrazone groups is 1. The number of hydrazine groups is 1. The summed E-state index contributed by atoms with van der Waals surface area (Å²) in [5, 5.41) is 12.4. The molecule has 1 aliphatic rings. The predicted octanol–water partition coefficient (Wildman–Crippen LogP) is 3.59. The monoisotopic (exact) mass is 405 g/mol. The maximum Gasteiger partial charge on any atom is 0.258 e. The molecule has 0 saturated carbocycles. The van der Waals surface area contributed by atoms with E-state index < -0.39 is 11.7 Å². The van der Waals surface area contributed by atoms with Crippen LogP contribution in [-0.2, 0) is 4.84 Å². The van der Waals surface area contributed by atoms with Gasteiger partial charge in [-0.1, -0.05) is 36.4 Å². The molecule has 1 heterocycles. The van der Waals surface area contributed by atoms with E-state index in [0.717, 1.165) is 11.4 Å². The van der Waals surface area contributed by atoms with Gasteiger partial charge in [-0.15, -0.1) is 5.10 Å². The van der Waals surface area contributed by atoms with Gasteiger partial charge in [0.25, 0.3) is 5.91 Å². The van der Waals surface area contributed by atoms with Crippen LogP contribution >= 0.6 is 0 Å². The van der Waals surface area contributed by atoms with Crippen molar-refractivity contribution in [3.63, 3.8) is 0 Å². The molecule has 0 spiro atoms. The van der Waals surface area contributed by atoms with Crippen molar-refractivity contribution in [1.29, 1.82) is 0 Å². The minimum atomic E-state index is -0.406. The number of carbonyl (C=O) groups is 1. The Morgan fingerprint density at radius 2 is 1.63 bits per heavy atom. The molecule has 3 aromatic carbocycles. The zero-order valence-electron chi connectivity index (χ0n) is 16.3. The standard InChI is InChI=1S/C22H20FN5O2/c1-30-28(20-10-6-3-7-11-20)27-16-26(19-8-4-2-5-9-19)25-22(27)24-21(29)17-12-14-18(23)15-13-17/h2-15H,16H2,1H3,(H,24,25,29). The van der Waals surface area contributed by atoms with Gasteiger partial charge in [-0.25, -0.2) is 14.4 Å². The number of para-hydroxylation sites is 2. The second kappa shape index (κ2) is 8.62. The van der Waals surface area contributed by atoms with Crippen LogP contribution in [0.25, 0.3) is 0 Å². The molecule has 0 atom stereocenters. The average molecular weight is 405 g/mol. The van der Waals surface area contributed by atoms with Crippen molar-refractivity contribution in [1.82, 2.24) is 10.3 Å². The van der Waals surface area contributed by atoms with Gasteiger partial charge in [0.1, 0.15) is 12.5 Å². The van der Waals surface area contributed by atoms with E-state index in [9.17, 15) is 9.18 Å². The van der Waals surface area contributed by atoms with Crippen LogP contribution in [0, 0.1) is 5.82 Å². The molecule has 0 bridgehead atoms. The van der Waals surface area contributed by atoms with Gasteiger partial charge in [-0.2, -0.15) is 5.17 Å². The predicted molar refractivity (Wildman–Crippen MR) is 113 cm³/mol. The highest BCUT2D eigenvalue weighted by atomic mass is 19.1. The van der Waals surface area contributed by atoms with Crippen molar-refractivity contribution >= 4 is 23.2 Å². The number of benzene rings is 3. The van der Waals surface area contributed by atoms with Crippen molar-refractivity contribution < 1.29 is 14.0 Å². The van der Waals surface area contributed by atoms with Crippen molar-refractivity contribution in [2.24, 2.45) is 5.10 Å². The fraction of sp³-hybridized carbons (Fsp3) is 0.0909. The van der Waals surface area contributed by atoms with E-state index in [1.807, 2.05) is 60.7 Å². The van der Waals surface area contributed by atoms with Crippen LogP contribution in [0.1, 0.15) is 10.4 Å². The van der Waals surface area contributed by atoms with E-state index in [2.05, 4.69) is 10.4 Å². The molecule has 0 fully saturated rings. The fourth-order valence-electron chi connectivity index (χ4n) is 3.04. The lowest BCUT2D eigenvalue weighted by Crippen LogP contribution is -2.51. The van der Waals surface area contributed by atoms with Crippen molar-refractivity contribution in [3.05, 3.63) is 96.3 Å². The second-order valence-corrected chi connectivity index (χ2v) is 6.45. The molecule has 1 N–H and O–H groups in total. The SMILES string of the molecule is CON(c1ccccc1)N1CN(c2ccccc2)N=C1NC(=O)c1ccc(F)cc1. The number of anilines is 2. The van der Waals surface area contributed by atoms with Crippen LogP contribution < -0.4 is 15.5 Å². The molecular weight excluding hydrogens is 385 g/mol. The van der Waals surface area contributed by atoms with Crippen LogP contribution in [0.3, 0.4) is 0 Å². The first kappa shape index (κ1) is 19.4. The molecule has 0 unspecified atom stereocenters. The Morgan fingerprint density at radius 1 is 1.00 bits per heavy atom. The van der Waals surface area contributed by atoms with Gasteiger partial charge >= 0.3 is 0 Å². The third-order valence-electron chi connectivity index (χ3n) is 4.48. The summed E-state index contributed by atoms with van der Waals surface area (Å²) in [4.78, 5) is 18.3. The third-order valence-corrected chi connectivity index (χ3v) is 4.48. The number of nitrogens with one attached hydrogen (secondary N) is 1. The van der Waals surface area contributed by atoms with E-state index in [-0.39, 0.29) is 5.96 Å². The number of hydrogen-bond donors (Lipinski definition) is 1. The van der Waals surface area contributed by atoms with Crippen LogP contribution in [0.4, 0.5) is 15.8 Å². The number of halogens is 1. The number of guanidine groups is 1. The van der Waals surface area contributed by atoms with Crippen LogP contribution in [0.5, 0.6) is 0 Å². The Balaban J connectivity index is 1.64. The van der Waals surface area contributed by atoms with Gasteiger partial charge in [0, 0.05) is 5.56 Å². The maximum atomic E-state index is 13.2. The summed E-state index contributed by atoms with van der Waals surface area (Å²) < 4.78 is 13.2. The summed E-state index contributed by atoms with van der Waals surface area (Å²) in [6, 6.07) is 24.4. The Morgan fingerprint density at radius 3 is 2.27 bits per heavy atom. The van der Waals surface area contributed by atoms with Crippen LogP contribution in [-0.4, -0.2) is 30.7 Å². The molecule has 152 valence electrons. The van der Waals surface area contributed by atoms with E-state index >= 15 is 0 Å². The molecule has 4 rings (SSSR count). The normalized spacial score (nSPS) is 13.2. The highest BCUT2D eigenvalue weighted by Gasteiger charge is 2.31. The van der Waals surface area contributed by atoms with Gasteiger partial charge in [0.2, 0.25) is 5.96 Å². The highest BCUT2D eigenvalue weighted by molar-refractivity contribution is 6.06. The molecule has 1 amide bonds. The Kier molecular flexibility index (Phi) is 5.58. The van der Waals surface area contributed by atoms with E-state index in [1.165, 1.54) is 31.4 Å². The first-order chi connectivity index (χ1) is 14.7. The number of carbonyl (C=O) groups excluding carboxylic acids is 1. The lowest BCUT2D eigenvalue weighted by atomic mass is 10.2. The molecule has 3 aromatic rings. The fourth-order valence-corrected chi connectivity index (χ4v) is 3.04. The van der Waals surface area contributed by atoms with Crippen LogP contribution in [0.2, 0.25) is 0 Å². The molecule has 0 saturated heterocycles. The largest absolute Gasteiger partial charge is 0.289 e. The Labute approximate surface area is 173 Å². The van der Waals surface area contributed by atoms with E-state index in [4.69, 9.17) is 4.84 Å². The topological polar surface area (TPSA) is 60.4 Å². The molecule has 1 aliphatic heterocycles. The Hall–Kier alpha value is -3.91. The van der Waals surface area contributed by atoms with E-state index in [0.29, 0.717) is 12.2 Å². The van der Waals surface area contributed by atoms with E-state index in [1.54, 1.807) is 15.2 Å². The summed E-state index contributed by atoms with van der Waals surface area (Å²) in [5.41, 5.74) is 1.94. The smallest absolute Gasteiger partial charge is 0.258 e. The lowest BCUT2D eigenvalue weighted by Gasteiger charge is -2.32. The van der Waals surface area contributed by atoms with Gasteiger partial charge < -0.3 is 0 Å². The van der Waals surface area contributed by atoms with Crippen LogP contribution in [0.15, 0.2) is 90.0 Å². The van der Waals surface area contributed by atoms with Gasteiger partial charge in [0.15, 0.2) is 0 Å². The lowest BCUT2D eigenvalue weighted by molar-refractivity contribution is 0.0700.